The minimum atomic E-state index is -0.556. The van der Waals surface area contributed by atoms with Gasteiger partial charge in [-0.05, 0) is 57.8 Å². The highest BCUT2D eigenvalue weighted by molar-refractivity contribution is 5.70. The van der Waals surface area contributed by atoms with Crippen molar-refractivity contribution < 1.29 is 23.8 Å². The molecule has 0 saturated heterocycles. The van der Waals surface area contributed by atoms with Crippen LogP contribution in [-0.2, 0) is 23.8 Å². The Labute approximate surface area is 398 Å². The molecule has 5 nitrogen and oxygen atoms in total. The Hall–Kier alpha value is -2.40. The van der Waals surface area contributed by atoms with Crippen molar-refractivity contribution in [2.75, 3.05) is 19.8 Å². The van der Waals surface area contributed by atoms with E-state index in [0.29, 0.717) is 19.4 Å². The third-order valence-corrected chi connectivity index (χ3v) is 12.1. The molecule has 0 aliphatic carbocycles. The van der Waals surface area contributed by atoms with Gasteiger partial charge in [-0.25, -0.2) is 0 Å². The van der Waals surface area contributed by atoms with Crippen molar-refractivity contribution in [1.82, 2.24) is 0 Å². The van der Waals surface area contributed by atoms with E-state index in [2.05, 4.69) is 81.5 Å². The van der Waals surface area contributed by atoms with Crippen molar-refractivity contribution in [1.29, 1.82) is 0 Å². The quantitative estimate of drug-likeness (QED) is 0.0346. The number of rotatable bonds is 51. The van der Waals surface area contributed by atoms with E-state index in [-0.39, 0.29) is 25.2 Å². The van der Waals surface area contributed by atoms with Crippen LogP contribution in [0.25, 0.3) is 0 Å². The van der Waals surface area contributed by atoms with Crippen molar-refractivity contribution in [2.45, 2.75) is 284 Å². The second-order valence-electron chi connectivity index (χ2n) is 18.5. The monoisotopic (exact) mass is 895 g/mol. The van der Waals surface area contributed by atoms with Crippen LogP contribution in [0.2, 0.25) is 0 Å². The fraction of sp³-hybridized carbons (Fsp3) is 0.797. The summed E-state index contributed by atoms with van der Waals surface area (Å²) in [5.41, 5.74) is 0. The Morgan fingerprint density at radius 2 is 0.703 bits per heavy atom. The fourth-order valence-electron chi connectivity index (χ4n) is 7.96. The van der Waals surface area contributed by atoms with Crippen molar-refractivity contribution in [3.63, 3.8) is 0 Å². The standard InChI is InChI=1S/C59H106O5/c1-4-7-10-13-16-19-22-25-28-30-32-34-37-40-43-46-49-52-58(60)63-56-57(55-62-54-51-48-45-42-39-36-33-29-26-23-20-17-14-11-8-5-2)64-59(61)53-50-47-44-41-38-35-31-27-24-21-18-15-12-9-6-3/h7,10,16,19,25,28,32,34,40,43,57H,4-6,8-9,11-15,17-18,20-24,26-27,29-31,33,35-39,41-42,44-56H2,1-3H3/b10-7-,19-16-,28-25-,34-32-,43-40-/t57-/m1/s1. The van der Waals surface area contributed by atoms with Gasteiger partial charge >= 0.3 is 11.9 Å². The number of hydrogen-bond acceptors (Lipinski definition) is 5. The normalized spacial score (nSPS) is 12.6. The zero-order valence-electron chi connectivity index (χ0n) is 42.8. The van der Waals surface area contributed by atoms with Gasteiger partial charge in [-0.15, -0.1) is 0 Å². The Morgan fingerprint density at radius 3 is 1.11 bits per heavy atom. The third kappa shape index (κ3) is 52.2. The number of carbonyl (C=O) groups is 2. The van der Waals surface area contributed by atoms with Crippen molar-refractivity contribution in [3.8, 4) is 0 Å². The summed E-state index contributed by atoms with van der Waals surface area (Å²) in [5, 5.41) is 0. The van der Waals surface area contributed by atoms with E-state index in [4.69, 9.17) is 14.2 Å². The first-order valence-corrected chi connectivity index (χ1v) is 27.8. The van der Waals surface area contributed by atoms with Crippen LogP contribution in [-0.4, -0.2) is 37.9 Å². The number of ether oxygens (including phenoxy) is 3. The maximum absolute atomic E-state index is 12.8. The molecule has 0 rings (SSSR count). The molecule has 0 fully saturated rings. The predicted octanol–water partition coefficient (Wildman–Crippen LogP) is 18.9. The Kier molecular flexibility index (Phi) is 52.9. The van der Waals surface area contributed by atoms with E-state index in [1.165, 1.54) is 173 Å². The van der Waals surface area contributed by atoms with Crippen LogP contribution >= 0.6 is 0 Å². The van der Waals surface area contributed by atoms with E-state index >= 15 is 0 Å². The van der Waals surface area contributed by atoms with E-state index < -0.39 is 6.10 Å². The maximum atomic E-state index is 12.8. The van der Waals surface area contributed by atoms with Gasteiger partial charge < -0.3 is 14.2 Å². The van der Waals surface area contributed by atoms with Crippen molar-refractivity contribution >= 4 is 11.9 Å². The molecule has 372 valence electrons. The average Bonchev–Trinajstić information content (AvgIpc) is 3.30. The largest absolute Gasteiger partial charge is 0.462 e. The molecule has 1 atom stereocenters. The van der Waals surface area contributed by atoms with E-state index in [1.54, 1.807) is 0 Å². The lowest BCUT2D eigenvalue weighted by molar-refractivity contribution is -0.163. The molecule has 0 aromatic rings. The third-order valence-electron chi connectivity index (χ3n) is 12.1. The lowest BCUT2D eigenvalue weighted by atomic mass is 10.0. The van der Waals surface area contributed by atoms with Crippen LogP contribution in [0.1, 0.15) is 278 Å². The zero-order chi connectivity index (χ0) is 46.3. The minimum Gasteiger partial charge on any atom is -0.462 e. The number of carbonyl (C=O) groups excluding carboxylic acids is 2. The van der Waals surface area contributed by atoms with Crippen LogP contribution < -0.4 is 0 Å². The van der Waals surface area contributed by atoms with Crippen molar-refractivity contribution in [2.24, 2.45) is 0 Å². The van der Waals surface area contributed by atoms with E-state index in [1.807, 2.05) is 0 Å². The Morgan fingerprint density at radius 1 is 0.359 bits per heavy atom. The highest BCUT2D eigenvalue weighted by Crippen LogP contribution is 2.16. The molecule has 0 spiro atoms. The fourth-order valence-corrected chi connectivity index (χ4v) is 7.96. The van der Waals surface area contributed by atoms with Crippen LogP contribution in [0.3, 0.4) is 0 Å². The summed E-state index contributed by atoms with van der Waals surface area (Å²) in [6.45, 7) is 7.70. The Balaban J connectivity index is 4.32. The SMILES string of the molecule is CC/C=C\C/C=C\C/C=C\C/C=C\C/C=C\CCCC(=O)OC[C@@H](COCCCCCCCCCCCCCCCCCC)OC(=O)CCCCCCCCCCCCCCCCC. The summed E-state index contributed by atoms with van der Waals surface area (Å²) in [5.74, 6) is -0.450. The number of hydrogen-bond donors (Lipinski definition) is 0. The van der Waals surface area contributed by atoms with Gasteiger partial charge in [0.2, 0.25) is 0 Å². The lowest BCUT2D eigenvalue weighted by Gasteiger charge is -2.18. The zero-order valence-corrected chi connectivity index (χ0v) is 42.8. The van der Waals surface area contributed by atoms with Crippen molar-refractivity contribution in [3.05, 3.63) is 60.8 Å². The van der Waals surface area contributed by atoms with Gasteiger partial charge in [-0.2, -0.15) is 0 Å². The molecular weight excluding hydrogens is 789 g/mol. The molecule has 0 unspecified atom stereocenters. The molecule has 5 heteroatoms. The number of allylic oxidation sites excluding steroid dienone is 10. The highest BCUT2D eigenvalue weighted by Gasteiger charge is 2.17. The highest BCUT2D eigenvalue weighted by atomic mass is 16.6. The summed E-state index contributed by atoms with van der Waals surface area (Å²) in [7, 11) is 0. The predicted molar refractivity (Wildman–Crippen MR) is 279 cm³/mol. The van der Waals surface area contributed by atoms with Gasteiger partial charge in [0.05, 0.1) is 6.61 Å². The molecule has 64 heavy (non-hydrogen) atoms. The number of unbranched alkanes of at least 4 members (excludes halogenated alkanes) is 30. The van der Waals surface area contributed by atoms with Crippen LogP contribution in [0, 0.1) is 0 Å². The molecule has 0 aliphatic heterocycles. The summed E-state index contributed by atoms with van der Waals surface area (Å²) >= 11 is 0. The molecule has 0 heterocycles. The first kappa shape index (κ1) is 61.6. The van der Waals surface area contributed by atoms with Crippen LogP contribution in [0.4, 0.5) is 0 Å². The van der Waals surface area contributed by atoms with E-state index in [9.17, 15) is 9.59 Å². The molecular formula is C59H106O5. The molecule has 0 aromatic heterocycles. The molecule has 0 bridgehead atoms. The molecule has 0 aliphatic rings. The van der Waals surface area contributed by atoms with Crippen LogP contribution in [0.5, 0.6) is 0 Å². The van der Waals surface area contributed by atoms with Gasteiger partial charge in [0.15, 0.2) is 6.10 Å². The Bertz CT molecular complexity index is 1100. The van der Waals surface area contributed by atoms with E-state index in [0.717, 1.165) is 70.6 Å². The topological polar surface area (TPSA) is 61.8 Å². The first-order chi connectivity index (χ1) is 31.6. The second-order valence-corrected chi connectivity index (χ2v) is 18.5. The van der Waals surface area contributed by atoms with Crippen LogP contribution in [0.15, 0.2) is 60.8 Å². The smallest absolute Gasteiger partial charge is 0.306 e. The summed E-state index contributed by atoms with van der Waals surface area (Å²) < 4.78 is 17.4. The minimum absolute atomic E-state index is 0.0596. The molecule has 0 amide bonds. The maximum Gasteiger partial charge on any atom is 0.306 e. The number of esters is 2. The first-order valence-electron chi connectivity index (χ1n) is 27.8. The van der Waals surface area contributed by atoms with Gasteiger partial charge in [0, 0.05) is 19.4 Å². The summed E-state index contributed by atoms with van der Waals surface area (Å²) in [6, 6.07) is 0. The summed E-state index contributed by atoms with van der Waals surface area (Å²) in [6.07, 6.45) is 69.6. The molecule has 0 radical (unpaired) electrons. The lowest BCUT2D eigenvalue weighted by Crippen LogP contribution is -2.30. The molecule has 0 N–H and O–H groups in total. The van der Waals surface area contributed by atoms with Gasteiger partial charge in [0.25, 0.3) is 0 Å². The second kappa shape index (κ2) is 54.9. The van der Waals surface area contributed by atoms with Gasteiger partial charge in [0.1, 0.15) is 6.61 Å². The van der Waals surface area contributed by atoms with Gasteiger partial charge in [-0.3, -0.25) is 9.59 Å². The average molecular weight is 895 g/mol. The molecule has 0 saturated carbocycles. The summed E-state index contributed by atoms with van der Waals surface area (Å²) in [4.78, 5) is 25.4. The molecule has 0 aromatic carbocycles. The van der Waals surface area contributed by atoms with Gasteiger partial charge in [-0.1, -0.05) is 268 Å².